The van der Waals surface area contributed by atoms with Gasteiger partial charge in [-0.1, -0.05) is 23.5 Å². The lowest BCUT2D eigenvalue weighted by atomic mass is 10.0. The van der Waals surface area contributed by atoms with Crippen molar-refractivity contribution in [2.45, 2.75) is 31.7 Å². The number of hydrogen-bond acceptors (Lipinski definition) is 9. The molecule has 3 N–H and O–H groups in total. The summed E-state index contributed by atoms with van der Waals surface area (Å²) in [5.74, 6) is 1.75. The van der Waals surface area contributed by atoms with Crippen molar-refractivity contribution in [3.8, 4) is 11.5 Å². The van der Waals surface area contributed by atoms with Crippen LogP contribution in [0.2, 0.25) is 0 Å². The van der Waals surface area contributed by atoms with E-state index in [9.17, 15) is 9.59 Å². The van der Waals surface area contributed by atoms with E-state index in [1.54, 1.807) is 36.5 Å². The van der Waals surface area contributed by atoms with Crippen LogP contribution in [0.4, 0.5) is 10.9 Å². The third-order valence-electron chi connectivity index (χ3n) is 7.39. The number of nitrogens with zero attached hydrogens (tertiary/aromatic N) is 5. The van der Waals surface area contributed by atoms with Gasteiger partial charge in [-0.05, 0) is 76.3 Å². The summed E-state index contributed by atoms with van der Waals surface area (Å²) < 4.78 is 7.26. The van der Waals surface area contributed by atoms with E-state index in [0.29, 0.717) is 46.6 Å². The van der Waals surface area contributed by atoms with Gasteiger partial charge in [0.05, 0.1) is 10.2 Å². The second-order valence-electron chi connectivity index (χ2n) is 10.9. The first-order chi connectivity index (χ1) is 20.9. The third-order valence-corrected chi connectivity index (χ3v) is 8.34. The number of anilines is 2. The van der Waals surface area contributed by atoms with E-state index in [1.165, 1.54) is 11.3 Å². The highest BCUT2D eigenvalue weighted by Crippen LogP contribution is 2.34. The Kier molecular flexibility index (Phi) is 8.47. The standard InChI is InChI=1S/C31H34N8O3S/c1-38(2)17-6-10-26(40)39-18-5-7-21(19-39)33-29-27-24(15-16-32-28(27)36-37-29)42-22-13-11-20(12-14-22)30(41)35-31-34-23-8-3-4-9-25(23)43-31/h3-4,8-9,11-16,21H,5-7,10,17-19H2,1-2H3,(H,34,35,41)(H2,32,33,36,37)/t21-/m1/s1. The summed E-state index contributed by atoms with van der Waals surface area (Å²) >= 11 is 1.44. The average molecular weight is 599 g/mol. The Labute approximate surface area is 253 Å². The topological polar surface area (TPSA) is 128 Å². The molecule has 6 rings (SSSR count). The molecule has 1 atom stereocenters. The van der Waals surface area contributed by atoms with Crippen molar-refractivity contribution in [3.63, 3.8) is 0 Å². The van der Waals surface area contributed by atoms with Gasteiger partial charge in [-0.15, -0.1) is 0 Å². The van der Waals surface area contributed by atoms with E-state index >= 15 is 0 Å². The van der Waals surface area contributed by atoms with Gasteiger partial charge in [0.1, 0.15) is 16.9 Å². The average Bonchev–Trinajstić information content (AvgIpc) is 3.61. The number of thiazole rings is 1. The first-order valence-electron chi connectivity index (χ1n) is 14.4. The number of fused-ring (bicyclic) bond motifs is 2. The minimum absolute atomic E-state index is 0.0688. The van der Waals surface area contributed by atoms with Crippen LogP contribution in [-0.2, 0) is 4.79 Å². The number of H-pyrrole nitrogens is 1. The van der Waals surface area contributed by atoms with Crippen molar-refractivity contribution in [3.05, 3.63) is 66.4 Å². The molecule has 0 spiro atoms. The number of benzene rings is 2. The van der Waals surface area contributed by atoms with Gasteiger partial charge in [0.15, 0.2) is 16.6 Å². The van der Waals surface area contributed by atoms with Crippen LogP contribution in [0, 0.1) is 0 Å². The monoisotopic (exact) mass is 598 g/mol. The van der Waals surface area contributed by atoms with Crippen LogP contribution in [-0.4, -0.2) is 81.6 Å². The summed E-state index contributed by atoms with van der Waals surface area (Å²) in [4.78, 5) is 38.6. The van der Waals surface area contributed by atoms with Crippen LogP contribution < -0.4 is 15.4 Å². The summed E-state index contributed by atoms with van der Waals surface area (Å²) in [6, 6.07) is 16.6. The molecule has 11 nitrogen and oxygen atoms in total. The lowest BCUT2D eigenvalue weighted by Crippen LogP contribution is -2.45. The van der Waals surface area contributed by atoms with Gasteiger partial charge in [-0.3, -0.25) is 20.0 Å². The number of pyridine rings is 1. The van der Waals surface area contributed by atoms with Crippen molar-refractivity contribution in [2.75, 3.05) is 44.4 Å². The van der Waals surface area contributed by atoms with E-state index in [2.05, 4.69) is 35.7 Å². The molecule has 43 heavy (non-hydrogen) atoms. The predicted molar refractivity (Wildman–Crippen MR) is 169 cm³/mol. The molecule has 12 heteroatoms. The molecule has 1 saturated heterocycles. The summed E-state index contributed by atoms with van der Waals surface area (Å²) in [6.07, 6.45) is 4.94. The fourth-order valence-corrected chi connectivity index (χ4v) is 6.09. The SMILES string of the molecule is CN(C)CCCC(=O)N1CCC[C@@H](Nc2n[nH]c3nccc(Oc4ccc(C(=O)Nc5nc6ccccc6s5)cc4)c23)C1. The van der Waals surface area contributed by atoms with E-state index in [1.807, 2.05) is 43.3 Å². The van der Waals surface area contributed by atoms with Crippen LogP contribution in [0.3, 0.4) is 0 Å². The van der Waals surface area contributed by atoms with Gasteiger partial charge in [0.25, 0.3) is 5.91 Å². The maximum Gasteiger partial charge on any atom is 0.257 e. The minimum Gasteiger partial charge on any atom is -0.456 e. The maximum absolute atomic E-state index is 12.8. The van der Waals surface area contributed by atoms with Crippen molar-refractivity contribution in [2.24, 2.45) is 0 Å². The summed E-state index contributed by atoms with van der Waals surface area (Å²) in [5, 5.41) is 15.2. The van der Waals surface area contributed by atoms with Gasteiger partial charge in [0.2, 0.25) is 5.91 Å². The molecule has 2 amide bonds. The predicted octanol–water partition coefficient (Wildman–Crippen LogP) is 5.36. The molecule has 0 unspecified atom stereocenters. The first kappa shape index (κ1) is 28.6. The molecule has 1 aliphatic heterocycles. The fourth-order valence-electron chi connectivity index (χ4n) is 5.23. The van der Waals surface area contributed by atoms with Gasteiger partial charge in [0, 0.05) is 43.4 Å². The number of likely N-dealkylation sites (tertiary alicyclic amines) is 1. The van der Waals surface area contributed by atoms with Gasteiger partial charge < -0.3 is 19.9 Å². The normalized spacial score (nSPS) is 15.2. The van der Waals surface area contributed by atoms with E-state index in [-0.39, 0.29) is 17.9 Å². The molecule has 222 valence electrons. The van der Waals surface area contributed by atoms with Crippen LogP contribution in [0.5, 0.6) is 11.5 Å². The Hall–Kier alpha value is -4.55. The van der Waals surface area contributed by atoms with Crippen LogP contribution in [0.15, 0.2) is 60.8 Å². The highest BCUT2D eigenvalue weighted by Gasteiger charge is 2.25. The molecule has 0 saturated carbocycles. The summed E-state index contributed by atoms with van der Waals surface area (Å²) in [7, 11) is 4.04. The number of nitrogens with one attached hydrogen (secondary N) is 3. The zero-order valence-electron chi connectivity index (χ0n) is 24.2. The fraction of sp³-hybridized carbons (Fsp3) is 0.323. The number of ether oxygens (including phenoxy) is 1. The second kappa shape index (κ2) is 12.8. The van der Waals surface area contributed by atoms with Crippen LogP contribution in [0.1, 0.15) is 36.0 Å². The highest BCUT2D eigenvalue weighted by molar-refractivity contribution is 7.22. The maximum atomic E-state index is 12.8. The first-order valence-corrected chi connectivity index (χ1v) is 15.2. The number of aromatic nitrogens is 4. The van der Waals surface area contributed by atoms with Gasteiger partial charge in [-0.25, -0.2) is 9.97 Å². The number of hydrogen-bond donors (Lipinski definition) is 3. The molecule has 1 fully saturated rings. The number of piperidine rings is 1. The second-order valence-corrected chi connectivity index (χ2v) is 11.9. The number of carbonyl (C=O) groups excluding carboxylic acids is 2. The van der Waals surface area contributed by atoms with E-state index in [0.717, 1.165) is 48.0 Å². The summed E-state index contributed by atoms with van der Waals surface area (Å²) in [5.41, 5.74) is 1.95. The summed E-state index contributed by atoms with van der Waals surface area (Å²) in [6.45, 7) is 2.31. The minimum atomic E-state index is -0.240. The Morgan fingerprint density at radius 2 is 1.98 bits per heavy atom. The Balaban J connectivity index is 1.11. The number of carbonyl (C=O) groups is 2. The Morgan fingerprint density at radius 1 is 1.14 bits per heavy atom. The van der Waals surface area contributed by atoms with Crippen molar-refractivity contribution in [1.82, 2.24) is 30.0 Å². The van der Waals surface area contributed by atoms with Crippen molar-refractivity contribution < 1.29 is 14.3 Å². The molecular weight excluding hydrogens is 564 g/mol. The van der Waals surface area contributed by atoms with Crippen LogP contribution in [0.25, 0.3) is 21.3 Å². The molecule has 0 bridgehead atoms. The Bertz CT molecular complexity index is 1700. The Morgan fingerprint density at radius 3 is 2.79 bits per heavy atom. The van der Waals surface area contributed by atoms with E-state index in [4.69, 9.17) is 4.74 Å². The molecule has 4 heterocycles. The molecular formula is C31H34N8O3S. The van der Waals surface area contributed by atoms with Gasteiger partial charge in [-0.2, -0.15) is 5.10 Å². The molecule has 0 aliphatic carbocycles. The zero-order chi connectivity index (χ0) is 29.8. The zero-order valence-corrected chi connectivity index (χ0v) is 25.0. The number of rotatable bonds is 10. The van der Waals surface area contributed by atoms with Gasteiger partial charge >= 0.3 is 0 Å². The number of aromatic amines is 1. The smallest absolute Gasteiger partial charge is 0.257 e. The highest BCUT2D eigenvalue weighted by atomic mass is 32.1. The molecule has 5 aromatic rings. The van der Waals surface area contributed by atoms with Crippen molar-refractivity contribution >= 4 is 55.4 Å². The lowest BCUT2D eigenvalue weighted by molar-refractivity contribution is -0.132. The quantitative estimate of drug-likeness (QED) is 0.196. The molecule has 1 aliphatic rings. The number of para-hydroxylation sites is 1. The van der Waals surface area contributed by atoms with Crippen molar-refractivity contribution in [1.29, 1.82) is 0 Å². The third kappa shape index (κ3) is 6.76. The van der Waals surface area contributed by atoms with Crippen LogP contribution >= 0.6 is 11.3 Å². The molecule has 3 aromatic heterocycles. The lowest BCUT2D eigenvalue weighted by Gasteiger charge is -2.33. The molecule has 2 aromatic carbocycles. The molecule has 0 radical (unpaired) electrons. The number of amides is 2. The largest absolute Gasteiger partial charge is 0.456 e. The van der Waals surface area contributed by atoms with E-state index < -0.39 is 0 Å².